The summed E-state index contributed by atoms with van der Waals surface area (Å²) in [6.45, 7) is 7.35. The first-order chi connectivity index (χ1) is 19.3. The Morgan fingerprint density at radius 1 is 1.22 bits per heavy atom. The number of hydrogen-bond acceptors (Lipinski definition) is 7. The van der Waals surface area contributed by atoms with Gasteiger partial charge in [-0.05, 0) is 42.7 Å². The lowest BCUT2D eigenvalue weighted by Crippen LogP contribution is -2.53. The summed E-state index contributed by atoms with van der Waals surface area (Å²) in [5, 5.41) is 11.5. The van der Waals surface area contributed by atoms with Crippen LogP contribution in [0.15, 0.2) is 57.6 Å². The van der Waals surface area contributed by atoms with Gasteiger partial charge in [0.25, 0.3) is 11.8 Å². The molecule has 1 aromatic carbocycles. The maximum absolute atomic E-state index is 13.9. The van der Waals surface area contributed by atoms with Crippen LogP contribution in [-0.4, -0.2) is 61.2 Å². The topological polar surface area (TPSA) is 168 Å². The van der Waals surface area contributed by atoms with Gasteiger partial charge in [-0.15, -0.1) is 0 Å². The minimum absolute atomic E-state index is 0.0196. The number of carbonyl (C=O) groups is 3. The molecule has 3 heterocycles. The minimum atomic E-state index is -3.08. The number of rotatable bonds is 3. The predicted molar refractivity (Wildman–Crippen MR) is 155 cm³/mol. The number of nitrogens with two attached hydrogens (primary N) is 1. The van der Waals surface area contributed by atoms with E-state index in [9.17, 15) is 23.7 Å². The van der Waals surface area contributed by atoms with Crippen molar-refractivity contribution in [3.05, 3.63) is 76.9 Å². The van der Waals surface area contributed by atoms with Crippen LogP contribution in [0.3, 0.4) is 0 Å². The Labute approximate surface area is 238 Å². The smallest absolute Gasteiger partial charge is 0.407 e. The number of aryl methyl sites for hydroxylation is 1. The number of nitrogens with zero attached hydrogens (tertiary/aromatic N) is 3. The molecule has 11 nitrogen and oxygen atoms in total. The number of anilines is 2. The normalized spacial score (nSPS) is 18.6. The van der Waals surface area contributed by atoms with Crippen LogP contribution < -0.4 is 11.1 Å². The highest BCUT2D eigenvalue weighted by atomic mass is 32.2. The van der Waals surface area contributed by atoms with E-state index in [1.165, 1.54) is 23.4 Å². The monoisotopic (exact) mass is 577 g/mol. The molecular formula is C29H31N5O6S. The van der Waals surface area contributed by atoms with Crippen molar-refractivity contribution in [2.75, 3.05) is 29.9 Å². The van der Waals surface area contributed by atoms with Gasteiger partial charge in [0.1, 0.15) is 5.82 Å². The van der Waals surface area contributed by atoms with E-state index in [0.717, 1.165) is 0 Å². The number of amides is 3. The highest BCUT2D eigenvalue weighted by Gasteiger charge is 2.41. The van der Waals surface area contributed by atoms with E-state index in [1.807, 2.05) is 20.8 Å². The summed E-state index contributed by atoms with van der Waals surface area (Å²) in [6, 6.07) is 10.0. The van der Waals surface area contributed by atoms with Gasteiger partial charge in [-0.25, -0.2) is 14.0 Å². The van der Waals surface area contributed by atoms with Crippen LogP contribution in [0, 0.1) is 24.2 Å². The van der Waals surface area contributed by atoms with Crippen LogP contribution in [0.25, 0.3) is 0 Å². The second-order valence-corrected chi connectivity index (χ2v) is 13.3. The molecule has 0 saturated carbocycles. The van der Waals surface area contributed by atoms with Gasteiger partial charge < -0.3 is 25.5 Å². The number of aromatic nitrogens is 1. The minimum Gasteiger partial charge on any atom is -0.465 e. The summed E-state index contributed by atoms with van der Waals surface area (Å²) in [6.07, 6.45) is 1.60. The lowest BCUT2D eigenvalue weighted by atomic mass is 9.91. The highest BCUT2D eigenvalue weighted by molar-refractivity contribution is 7.94. The lowest BCUT2D eigenvalue weighted by Gasteiger charge is -2.40. The molecule has 0 spiro atoms. The highest BCUT2D eigenvalue weighted by Crippen LogP contribution is 2.32. The van der Waals surface area contributed by atoms with Crippen molar-refractivity contribution >= 4 is 39.1 Å². The molecule has 41 heavy (non-hydrogen) atoms. The number of benzene rings is 1. The Morgan fingerprint density at radius 2 is 1.98 bits per heavy atom. The molecule has 214 valence electrons. The van der Waals surface area contributed by atoms with E-state index in [4.69, 9.17) is 10.2 Å². The average molecular weight is 578 g/mol. The van der Waals surface area contributed by atoms with E-state index in [-0.39, 0.29) is 47.5 Å². The number of carboxylic acid groups (broad SMARTS) is 1. The van der Waals surface area contributed by atoms with Crippen molar-refractivity contribution in [2.24, 2.45) is 9.78 Å². The van der Waals surface area contributed by atoms with Crippen molar-refractivity contribution in [3.63, 3.8) is 0 Å². The number of furan rings is 1. The fourth-order valence-electron chi connectivity index (χ4n) is 4.39. The number of nitrogen functional groups attached to an aromatic ring is 1. The Hall–Kier alpha value is -4.63. The summed E-state index contributed by atoms with van der Waals surface area (Å²) in [5.74, 6) is 5.00. The van der Waals surface area contributed by atoms with E-state index >= 15 is 0 Å². The van der Waals surface area contributed by atoms with Crippen molar-refractivity contribution < 1.29 is 28.1 Å². The van der Waals surface area contributed by atoms with Crippen molar-refractivity contribution in [1.82, 2.24) is 9.88 Å². The van der Waals surface area contributed by atoms with E-state index in [2.05, 4.69) is 26.5 Å². The molecule has 1 aliphatic heterocycles. The van der Waals surface area contributed by atoms with Gasteiger partial charge in [0.2, 0.25) is 0 Å². The number of hydrogen-bond donors (Lipinski definition) is 3. The molecule has 2 atom stereocenters. The predicted octanol–water partition coefficient (Wildman–Crippen LogP) is 4.23. The van der Waals surface area contributed by atoms with E-state index in [1.54, 1.807) is 37.3 Å². The van der Waals surface area contributed by atoms with Gasteiger partial charge in [-0.1, -0.05) is 38.7 Å². The van der Waals surface area contributed by atoms with Crippen LogP contribution in [0.1, 0.15) is 58.4 Å². The zero-order valence-electron chi connectivity index (χ0n) is 23.1. The molecule has 3 amide bonds. The summed E-state index contributed by atoms with van der Waals surface area (Å²) in [4.78, 5) is 42.4. The van der Waals surface area contributed by atoms with Gasteiger partial charge in [-0.2, -0.15) is 4.36 Å². The lowest BCUT2D eigenvalue weighted by molar-refractivity contribution is 0.0990. The molecule has 0 aliphatic carbocycles. The van der Waals surface area contributed by atoms with Gasteiger partial charge >= 0.3 is 6.09 Å². The largest absolute Gasteiger partial charge is 0.465 e. The molecule has 12 heteroatoms. The van der Waals surface area contributed by atoms with Crippen LogP contribution in [0.4, 0.5) is 16.3 Å². The van der Waals surface area contributed by atoms with Crippen LogP contribution >= 0.6 is 0 Å². The molecule has 2 aromatic heterocycles. The van der Waals surface area contributed by atoms with Crippen LogP contribution in [0.2, 0.25) is 0 Å². The Bertz CT molecular complexity index is 1700. The first-order valence-electron chi connectivity index (χ1n) is 12.8. The molecule has 2 unspecified atom stereocenters. The molecule has 1 aliphatic rings. The van der Waals surface area contributed by atoms with Gasteiger partial charge in [-0.3, -0.25) is 9.59 Å². The summed E-state index contributed by atoms with van der Waals surface area (Å²) in [7, 11) is -3.08. The number of carbonyl (C=O) groups excluding carboxylic acids is 2. The maximum Gasteiger partial charge on any atom is 0.407 e. The Balaban J connectivity index is 1.58. The second kappa shape index (κ2) is 11.5. The third-order valence-electron chi connectivity index (χ3n) is 6.65. The van der Waals surface area contributed by atoms with E-state index in [0.29, 0.717) is 16.8 Å². The Kier molecular flexibility index (Phi) is 8.21. The first kappa shape index (κ1) is 29.4. The van der Waals surface area contributed by atoms with Crippen molar-refractivity contribution in [3.8, 4) is 11.8 Å². The number of pyridine rings is 1. The standard InChI is InChI=1S/C29H31N5O6S/c1-18-10-12-40-24(18)27(36)32-22-7-5-6-19(14-22)8-9-20-15-21(16-31-25(20)30)26(35)33-41(39)13-11-34(28(37)38)17-23(41)29(2,3)4/h5-7,10,12,14-16,23H,11,13,17H2,1-4H3,(H2,30,31)(H,32,36)(H,37,38). The SMILES string of the molecule is Cc1ccoc1C(=O)Nc1cccc(C#Cc2cc(C(=O)N=S3(=O)CCN(C(=O)O)CC3C(C)(C)C)cnc2N)c1. The first-order valence-corrected chi connectivity index (χ1v) is 14.5. The summed E-state index contributed by atoms with van der Waals surface area (Å²) in [5.41, 5.74) is 7.58. The van der Waals surface area contributed by atoms with Gasteiger partial charge in [0.05, 0.1) is 38.1 Å². The Morgan fingerprint density at radius 3 is 2.63 bits per heavy atom. The van der Waals surface area contributed by atoms with Gasteiger partial charge in [0.15, 0.2) is 5.76 Å². The van der Waals surface area contributed by atoms with Crippen LogP contribution in [0.5, 0.6) is 0 Å². The zero-order valence-corrected chi connectivity index (χ0v) is 23.9. The fraction of sp³-hybridized carbons (Fsp3) is 0.310. The molecule has 4 N–H and O–H groups in total. The molecule has 4 rings (SSSR count). The molecule has 3 aromatic rings. The molecular weight excluding hydrogens is 546 g/mol. The quantitative estimate of drug-likeness (QED) is 0.389. The molecule has 0 radical (unpaired) electrons. The average Bonchev–Trinajstić information content (AvgIpc) is 3.33. The number of nitrogens with one attached hydrogen (secondary N) is 1. The summed E-state index contributed by atoms with van der Waals surface area (Å²) < 4.78 is 23.2. The fourth-order valence-corrected chi connectivity index (χ4v) is 7.28. The second-order valence-electron chi connectivity index (χ2n) is 10.7. The summed E-state index contributed by atoms with van der Waals surface area (Å²) >= 11 is 0. The molecule has 1 fully saturated rings. The third kappa shape index (κ3) is 6.75. The zero-order chi connectivity index (χ0) is 29.9. The van der Waals surface area contributed by atoms with Crippen LogP contribution in [-0.2, 0) is 9.73 Å². The van der Waals surface area contributed by atoms with Crippen molar-refractivity contribution in [1.29, 1.82) is 0 Å². The third-order valence-corrected chi connectivity index (χ3v) is 9.64. The maximum atomic E-state index is 13.9. The van der Waals surface area contributed by atoms with Crippen molar-refractivity contribution in [2.45, 2.75) is 32.9 Å². The van der Waals surface area contributed by atoms with E-state index < -0.39 is 32.4 Å². The van der Waals surface area contributed by atoms with Gasteiger partial charge in [0, 0.05) is 36.1 Å². The molecule has 0 bridgehead atoms. The molecule has 1 saturated heterocycles.